The lowest BCUT2D eigenvalue weighted by atomic mass is 10.0. The van der Waals surface area contributed by atoms with Crippen molar-refractivity contribution in [1.29, 1.82) is 5.26 Å². The van der Waals surface area contributed by atoms with E-state index < -0.39 is 11.6 Å². The lowest BCUT2D eigenvalue weighted by molar-refractivity contribution is -0.270. The summed E-state index contributed by atoms with van der Waals surface area (Å²) >= 11 is 0. The summed E-state index contributed by atoms with van der Waals surface area (Å²) < 4.78 is 6.15. The lowest BCUT2D eigenvalue weighted by Crippen LogP contribution is -2.61. The number of ether oxygens (including phenoxy) is 1. The molecule has 2 aliphatic rings. The van der Waals surface area contributed by atoms with E-state index in [1.54, 1.807) is 0 Å². The van der Waals surface area contributed by atoms with E-state index in [1.165, 1.54) is 10.5 Å². The second-order valence-electron chi connectivity index (χ2n) is 9.75. The van der Waals surface area contributed by atoms with Crippen molar-refractivity contribution in [3.8, 4) is 6.07 Å². The summed E-state index contributed by atoms with van der Waals surface area (Å²) in [6.07, 6.45) is 2.60. The van der Waals surface area contributed by atoms with Crippen LogP contribution in [0.15, 0.2) is 24.3 Å². The third-order valence-corrected chi connectivity index (χ3v) is 6.18. The zero-order chi connectivity index (χ0) is 22.4. The van der Waals surface area contributed by atoms with Crippen molar-refractivity contribution in [2.45, 2.75) is 57.8 Å². The molecule has 31 heavy (non-hydrogen) atoms. The smallest absolute Gasteiger partial charge is 0.137 e. The van der Waals surface area contributed by atoms with Crippen LogP contribution < -0.4 is 5.11 Å². The fourth-order valence-electron chi connectivity index (χ4n) is 4.58. The Morgan fingerprint density at radius 1 is 1.10 bits per heavy atom. The van der Waals surface area contributed by atoms with E-state index in [-0.39, 0.29) is 12.2 Å². The molecule has 2 unspecified atom stereocenters. The van der Waals surface area contributed by atoms with Crippen molar-refractivity contribution in [2.75, 3.05) is 45.8 Å². The molecule has 2 bridgehead atoms. The van der Waals surface area contributed by atoms with Crippen LogP contribution in [0.3, 0.4) is 0 Å². The van der Waals surface area contributed by atoms with Gasteiger partial charge in [0, 0.05) is 44.8 Å². The largest absolute Gasteiger partial charge is 0.530 e. The highest BCUT2D eigenvalue weighted by atomic mass is 16.5. The number of fused-ring (bicyclic) bond motifs is 2. The van der Waals surface area contributed by atoms with Gasteiger partial charge in [-0.15, -0.1) is 0 Å². The second-order valence-corrected chi connectivity index (χ2v) is 9.75. The molecule has 170 valence electrons. The maximum absolute atomic E-state index is 11.5. The van der Waals surface area contributed by atoms with Gasteiger partial charge in [-0.25, -0.2) is 0 Å². The van der Waals surface area contributed by atoms with Crippen LogP contribution >= 0.6 is 0 Å². The minimum absolute atomic E-state index is 0.192. The first-order valence-electron chi connectivity index (χ1n) is 11.3. The number of nitriles is 1. The summed E-state index contributed by atoms with van der Waals surface area (Å²) in [6.45, 7) is 11.5. The Bertz CT molecular complexity index is 755. The Labute approximate surface area is 186 Å². The van der Waals surface area contributed by atoms with Gasteiger partial charge in [-0.2, -0.15) is 5.26 Å². The molecule has 0 saturated carbocycles. The average Bonchev–Trinajstić information content (AvgIpc) is 2.70. The van der Waals surface area contributed by atoms with Gasteiger partial charge in [-0.3, -0.25) is 9.80 Å². The molecule has 7 heteroatoms. The van der Waals surface area contributed by atoms with E-state index in [1.807, 2.05) is 45.0 Å². The van der Waals surface area contributed by atoms with E-state index >= 15 is 0 Å². The Kier molecular flexibility index (Phi) is 7.93. The number of rotatable bonds is 8. The van der Waals surface area contributed by atoms with Gasteiger partial charge in [0.25, 0.3) is 0 Å². The zero-order valence-corrected chi connectivity index (χ0v) is 19.0. The third kappa shape index (κ3) is 6.93. The van der Waals surface area contributed by atoms with Crippen LogP contribution in [-0.4, -0.2) is 84.4 Å². The Morgan fingerprint density at radius 3 is 2.19 bits per heavy atom. The van der Waals surface area contributed by atoms with E-state index in [0.29, 0.717) is 18.7 Å². The molecule has 0 N–H and O–H groups in total. The van der Waals surface area contributed by atoms with Gasteiger partial charge in [0.2, 0.25) is 0 Å². The van der Waals surface area contributed by atoms with Gasteiger partial charge >= 0.3 is 0 Å². The van der Waals surface area contributed by atoms with Crippen LogP contribution in [0.2, 0.25) is 0 Å². The highest BCUT2D eigenvalue weighted by Gasteiger charge is 2.35. The Morgan fingerprint density at radius 2 is 1.68 bits per heavy atom. The monoisotopic (exact) mass is 427 g/mol. The fourth-order valence-corrected chi connectivity index (χ4v) is 4.58. The summed E-state index contributed by atoms with van der Waals surface area (Å²) in [7, 11) is 0. The molecular formula is C24H35N4O3-. The minimum atomic E-state index is -1.10. The van der Waals surface area contributed by atoms with Crippen molar-refractivity contribution in [1.82, 2.24) is 14.7 Å². The van der Waals surface area contributed by atoms with Gasteiger partial charge in [0.15, 0.2) is 0 Å². The molecule has 0 aliphatic carbocycles. The lowest BCUT2D eigenvalue weighted by Gasteiger charge is -2.47. The SMILES string of the molecule is CC(C)(C)N(CCN1CC2CN(CCCCc3ccc(C#N)cc3)CC(C1)O2)C(=O)[O-]. The standard InChI is InChI=1S/C24H36N4O3/c1-24(2,3)28(23(29)30)13-12-27-17-21-15-26(16-22(18-27)31-21)11-5-4-6-19-7-9-20(14-25)10-8-19/h7-10,21-22H,4-6,11-13,15-18H2,1-3H3,(H,29,30)/p-1. The number of hydrogen-bond acceptors (Lipinski definition) is 6. The highest BCUT2D eigenvalue weighted by molar-refractivity contribution is 5.63. The van der Waals surface area contributed by atoms with Crippen LogP contribution in [0, 0.1) is 11.3 Å². The van der Waals surface area contributed by atoms with Gasteiger partial charge in [-0.1, -0.05) is 12.1 Å². The van der Waals surface area contributed by atoms with Gasteiger partial charge in [0.1, 0.15) is 6.09 Å². The number of unbranched alkanes of at least 4 members (excludes halogenated alkanes) is 1. The van der Waals surface area contributed by atoms with Crippen LogP contribution in [0.5, 0.6) is 0 Å². The number of carboxylic acid groups (broad SMARTS) is 1. The number of hydrogen-bond donors (Lipinski definition) is 0. The van der Waals surface area contributed by atoms with Gasteiger partial charge in [-0.05, 0) is 64.3 Å². The molecule has 0 radical (unpaired) electrons. The quantitative estimate of drug-likeness (QED) is 0.588. The number of benzene rings is 1. The molecule has 2 fully saturated rings. The molecule has 2 atom stereocenters. The van der Waals surface area contributed by atoms with E-state index in [2.05, 4.69) is 15.9 Å². The Balaban J connectivity index is 1.38. The number of carbonyl (C=O) groups excluding carboxylic acids is 1. The number of carbonyl (C=O) groups is 1. The first kappa shape index (κ1) is 23.5. The normalized spacial score (nSPS) is 22.1. The van der Waals surface area contributed by atoms with Crippen LogP contribution in [0.25, 0.3) is 0 Å². The van der Waals surface area contributed by atoms with Crippen molar-refractivity contribution in [2.24, 2.45) is 0 Å². The number of nitrogens with zero attached hydrogens (tertiary/aromatic N) is 4. The molecule has 0 aromatic heterocycles. The summed E-state index contributed by atoms with van der Waals surface area (Å²) in [5.74, 6) is 0. The molecule has 1 aromatic carbocycles. The second kappa shape index (κ2) is 10.4. The Hall–Kier alpha value is -2.14. The summed E-state index contributed by atoms with van der Waals surface area (Å²) in [4.78, 5) is 17.7. The molecule has 1 aromatic rings. The summed E-state index contributed by atoms with van der Waals surface area (Å²) in [5.41, 5.74) is 1.55. The molecule has 2 heterocycles. The molecule has 0 spiro atoms. The maximum atomic E-state index is 11.5. The number of amides is 1. The third-order valence-electron chi connectivity index (χ3n) is 6.18. The number of morpholine rings is 2. The number of aryl methyl sites for hydroxylation is 1. The van der Waals surface area contributed by atoms with E-state index in [4.69, 9.17) is 10.00 Å². The predicted octanol–water partition coefficient (Wildman–Crippen LogP) is 1.71. The maximum Gasteiger partial charge on any atom is 0.137 e. The minimum Gasteiger partial charge on any atom is -0.530 e. The molecular weight excluding hydrogens is 392 g/mol. The summed E-state index contributed by atoms with van der Waals surface area (Å²) in [5, 5.41) is 20.3. The van der Waals surface area contributed by atoms with Crippen molar-refractivity contribution < 1.29 is 14.6 Å². The highest BCUT2D eigenvalue weighted by Crippen LogP contribution is 2.20. The van der Waals surface area contributed by atoms with Crippen molar-refractivity contribution in [3.05, 3.63) is 35.4 Å². The van der Waals surface area contributed by atoms with Crippen molar-refractivity contribution >= 4 is 6.09 Å². The molecule has 2 aliphatic heterocycles. The van der Waals surface area contributed by atoms with E-state index in [9.17, 15) is 9.90 Å². The topological polar surface area (TPSA) is 82.9 Å². The van der Waals surface area contributed by atoms with E-state index in [0.717, 1.165) is 52.0 Å². The first-order chi connectivity index (χ1) is 14.7. The fraction of sp³-hybridized carbons (Fsp3) is 0.667. The van der Waals surface area contributed by atoms with Crippen LogP contribution in [-0.2, 0) is 11.2 Å². The van der Waals surface area contributed by atoms with Crippen molar-refractivity contribution in [3.63, 3.8) is 0 Å². The summed E-state index contributed by atoms with van der Waals surface area (Å²) in [6, 6.07) is 10.0. The molecule has 7 nitrogen and oxygen atoms in total. The van der Waals surface area contributed by atoms with Gasteiger partial charge in [0.05, 0.1) is 23.8 Å². The average molecular weight is 428 g/mol. The zero-order valence-electron chi connectivity index (χ0n) is 19.0. The van der Waals surface area contributed by atoms with Crippen LogP contribution in [0.1, 0.15) is 44.7 Å². The first-order valence-corrected chi connectivity index (χ1v) is 11.3. The van der Waals surface area contributed by atoms with Crippen LogP contribution in [0.4, 0.5) is 4.79 Å². The predicted molar refractivity (Wildman–Crippen MR) is 117 cm³/mol. The molecule has 3 rings (SSSR count). The molecule has 1 amide bonds. The molecule has 2 saturated heterocycles. The van der Waals surface area contributed by atoms with Gasteiger partial charge < -0.3 is 19.5 Å².